The normalized spacial score (nSPS) is 22.5. The van der Waals surface area contributed by atoms with Crippen LogP contribution in [0.5, 0.6) is 0 Å². The summed E-state index contributed by atoms with van der Waals surface area (Å²) in [6.45, 7) is 8.06. The zero-order valence-corrected chi connectivity index (χ0v) is 21.4. The number of anilines is 2. The predicted molar refractivity (Wildman–Crippen MR) is 139 cm³/mol. The van der Waals surface area contributed by atoms with Crippen molar-refractivity contribution in [2.75, 3.05) is 34.4 Å². The number of amidine groups is 1. The summed E-state index contributed by atoms with van der Waals surface area (Å²) >= 11 is 7.61. The van der Waals surface area contributed by atoms with Gasteiger partial charge in [0.25, 0.3) is 5.91 Å². The molecule has 1 amide bonds. The molecule has 6 nitrogen and oxygen atoms in total. The molecule has 33 heavy (non-hydrogen) atoms. The zero-order valence-electron chi connectivity index (χ0n) is 19.0. The highest BCUT2D eigenvalue weighted by molar-refractivity contribution is 8.16. The van der Waals surface area contributed by atoms with Crippen molar-refractivity contribution in [1.29, 1.82) is 0 Å². The minimum atomic E-state index is -3.12. The molecule has 0 spiro atoms. The first-order valence-electron chi connectivity index (χ1n) is 11.1. The van der Waals surface area contributed by atoms with Gasteiger partial charge in [-0.2, -0.15) is 4.99 Å². The van der Waals surface area contributed by atoms with E-state index in [1.165, 1.54) is 11.8 Å². The average Bonchev–Trinajstić information content (AvgIpc) is 3.22. The quantitative estimate of drug-likeness (QED) is 0.581. The Labute approximate surface area is 204 Å². The van der Waals surface area contributed by atoms with Crippen molar-refractivity contribution < 1.29 is 13.2 Å². The number of hydrogen-bond acceptors (Lipinski definition) is 5. The van der Waals surface area contributed by atoms with Crippen LogP contribution in [0.25, 0.3) is 0 Å². The number of fused-ring (bicyclic) bond motifs is 1. The lowest BCUT2D eigenvalue weighted by molar-refractivity contribution is -0.117. The number of halogens is 1. The fourth-order valence-corrected chi connectivity index (χ4v) is 8.62. The molecule has 2 aliphatic heterocycles. The van der Waals surface area contributed by atoms with Crippen LogP contribution in [0, 0.1) is 6.92 Å². The Balaban J connectivity index is 1.68. The van der Waals surface area contributed by atoms with Gasteiger partial charge in [0.15, 0.2) is 15.0 Å². The molecule has 0 bridgehead atoms. The number of aliphatic imine (C=N–C) groups is 1. The molecule has 2 aromatic carbocycles. The second kappa shape index (κ2) is 9.68. The lowest BCUT2D eigenvalue weighted by atomic mass is 10.1. The van der Waals surface area contributed by atoms with Gasteiger partial charge in [-0.25, -0.2) is 8.42 Å². The summed E-state index contributed by atoms with van der Waals surface area (Å²) in [5.41, 5.74) is 3.77. The summed E-state index contributed by atoms with van der Waals surface area (Å²) in [5.74, 6) is -0.122. The molecule has 2 heterocycles. The van der Waals surface area contributed by atoms with Gasteiger partial charge >= 0.3 is 0 Å². The molecule has 0 N–H and O–H groups in total. The van der Waals surface area contributed by atoms with Gasteiger partial charge in [-0.3, -0.25) is 4.79 Å². The van der Waals surface area contributed by atoms with E-state index >= 15 is 0 Å². The molecule has 2 fully saturated rings. The number of aryl methyl sites for hydroxylation is 1. The molecule has 176 valence electrons. The standard InChI is InChI=1S/C24H28ClN3O3S2/c1-4-27(5-2)18-10-11-20(16(3)12-18)28-21-14-33(30,31)15-22(21)32-24(28)26-23(29)13-17-8-6-7-9-19(17)25/h6-12,21-22H,4-5,13-15H2,1-3H3/t21-,22-/m1/s1. The van der Waals surface area contributed by atoms with Crippen LogP contribution in [0.2, 0.25) is 5.02 Å². The smallest absolute Gasteiger partial charge is 0.252 e. The maximum Gasteiger partial charge on any atom is 0.252 e. The van der Waals surface area contributed by atoms with E-state index in [9.17, 15) is 13.2 Å². The first-order valence-corrected chi connectivity index (χ1v) is 14.2. The molecule has 2 atom stereocenters. The van der Waals surface area contributed by atoms with Crippen molar-refractivity contribution >= 4 is 55.6 Å². The van der Waals surface area contributed by atoms with Gasteiger partial charge < -0.3 is 9.80 Å². The number of amides is 1. The predicted octanol–water partition coefficient (Wildman–Crippen LogP) is 4.34. The largest absolute Gasteiger partial charge is 0.372 e. The Morgan fingerprint density at radius 3 is 2.58 bits per heavy atom. The molecular weight excluding hydrogens is 478 g/mol. The van der Waals surface area contributed by atoms with Gasteiger partial charge in [0.2, 0.25) is 0 Å². The van der Waals surface area contributed by atoms with Crippen molar-refractivity contribution in [3.8, 4) is 0 Å². The van der Waals surface area contributed by atoms with Crippen molar-refractivity contribution in [3.63, 3.8) is 0 Å². The maximum absolute atomic E-state index is 12.8. The molecule has 0 aliphatic carbocycles. The molecule has 0 radical (unpaired) electrons. The Hall–Kier alpha value is -2.03. The van der Waals surface area contributed by atoms with Crippen LogP contribution in [-0.4, -0.2) is 55.4 Å². The van der Waals surface area contributed by atoms with Crippen LogP contribution >= 0.6 is 23.4 Å². The van der Waals surface area contributed by atoms with Gasteiger partial charge in [-0.05, 0) is 56.2 Å². The van der Waals surface area contributed by atoms with Gasteiger partial charge in [-0.1, -0.05) is 41.6 Å². The highest BCUT2D eigenvalue weighted by atomic mass is 35.5. The van der Waals surface area contributed by atoms with Crippen molar-refractivity contribution in [2.45, 2.75) is 38.5 Å². The van der Waals surface area contributed by atoms with Crippen LogP contribution in [0.4, 0.5) is 11.4 Å². The molecule has 0 unspecified atom stereocenters. The summed E-state index contributed by atoms with van der Waals surface area (Å²) in [5, 5.41) is 0.965. The lowest BCUT2D eigenvalue weighted by Gasteiger charge is -2.28. The Morgan fingerprint density at radius 2 is 1.91 bits per heavy atom. The Kier molecular flexibility index (Phi) is 7.07. The summed E-state index contributed by atoms with van der Waals surface area (Å²) in [4.78, 5) is 21.5. The minimum absolute atomic E-state index is 0.0691. The molecule has 2 saturated heterocycles. The number of sulfone groups is 1. The van der Waals surface area contributed by atoms with Crippen LogP contribution in [0.3, 0.4) is 0 Å². The van der Waals surface area contributed by atoms with E-state index in [2.05, 4.69) is 35.9 Å². The average molecular weight is 506 g/mol. The molecule has 2 aromatic rings. The molecule has 4 rings (SSSR count). The number of rotatable bonds is 6. The first-order chi connectivity index (χ1) is 15.7. The number of hydrogen-bond donors (Lipinski definition) is 0. The number of nitrogens with zero attached hydrogens (tertiary/aromatic N) is 3. The summed E-state index contributed by atoms with van der Waals surface area (Å²) < 4.78 is 24.7. The third-order valence-electron chi connectivity index (χ3n) is 6.15. The van der Waals surface area contributed by atoms with E-state index in [1.54, 1.807) is 6.07 Å². The number of carbonyl (C=O) groups is 1. The Morgan fingerprint density at radius 1 is 1.18 bits per heavy atom. The van der Waals surface area contributed by atoms with Gasteiger partial charge in [-0.15, -0.1) is 0 Å². The van der Waals surface area contributed by atoms with E-state index in [1.807, 2.05) is 36.1 Å². The topological polar surface area (TPSA) is 70.0 Å². The van der Waals surface area contributed by atoms with E-state index in [-0.39, 0.29) is 35.1 Å². The highest BCUT2D eigenvalue weighted by Crippen LogP contribution is 2.42. The van der Waals surface area contributed by atoms with Gasteiger partial charge in [0.05, 0.1) is 24.0 Å². The summed E-state index contributed by atoms with van der Waals surface area (Å²) in [6.07, 6.45) is 0.102. The molecule has 2 aliphatic rings. The van der Waals surface area contributed by atoms with Crippen LogP contribution < -0.4 is 9.80 Å². The molecule has 0 saturated carbocycles. The molecular formula is C24H28ClN3O3S2. The number of carbonyl (C=O) groups excluding carboxylic acids is 1. The van der Waals surface area contributed by atoms with E-state index < -0.39 is 9.84 Å². The second-order valence-electron chi connectivity index (χ2n) is 8.37. The lowest BCUT2D eigenvalue weighted by Crippen LogP contribution is -2.38. The third kappa shape index (κ3) is 5.08. The van der Waals surface area contributed by atoms with Crippen LogP contribution in [0.1, 0.15) is 25.0 Å². The van der Waals surface area contributed by atoms with E-state index in [0.717, 1.165) is 35.6 Å². The molecule has 9 heteroatoms. The number of thioether (sulfide) groups is 1. The van der Waals surface area contributed by atoms with Crippen molar-refractivity contribution in [1.82, 2.24) is 0 Å². The van der Waals surface area contributed by atoms with Crippen LogP contribution in [0.15, 0.2) is 47.5 Å². The molecule has 0 aromatic heterocycles. The first kappa shape index (κ1) is 24.1. The van der Waals surface area contributed by atoms with E-state index in [4.69, 9.17) is 11.6 Å². The van der Waals surface area contributed by atoms with Crippen molar-refractivity contribution in [2.24, 2.45) is 4.99 Å². The fraction of sp³-hybridized carbons (Fsp3) is 0.417. The van der Waals surface area contributed by atoms with Gasteiger partial charge in [0, 0.05) is 34.7 Å². The zero-order chi connectivity index (χ0) is 23.8. The summed E-state index contributed by atoms with van der Waals surface area (Å²) in [6, 6.07) is 13.2. The van der Waals surface area contributed by atoms with Gasteiger partial charge in [0.1, 0.15) is 0 Å². The second-order valence-corrected chi connectivity index (χ2v) is 12.1. The number of benzene rings is 2. The monoisotopic (exact) mass is 505 g/mol. The van der Waals surface area contributed by atoms with Crippen LogP contribution in [-0.2, 0) is 21.1 Å². The fourth-order valence-electron chi connectivity index (χ4n) is 4.49. The van der Waals surface area contributed by atoms with Crippen molar-refractivity contribution in [3.05, 3.63) is 58.6 Å². The minimum Gasteiger partial charge on any atom is -0.372 e. The summed E-state index contributed by atoms with van der Waals surface area (Å²) in [7, 11) is -3.12. The third-order valence-corrected chi connectivity index (χ3v) is 9.73. The maximum atomic E-state index is 12.8. The SMILES string of the molecule is CCN(CC)c1ccc(N2C(=NC(=O)Cc3ccccc3Cl)S[C@@H]3CS(=O)(=O)C[C@H]32)c(C)c1. The Bertz CT molecular complexity index is 1200. The highest BCUT2D eigenvalue weighted by Gasteiger charge is 2.49. The van der Waals surface area contributed by atoms with E-state index in [0.29, 0.717) is 10.2 Å².